The molecule has 0 bridgehead atoms. The van der Waals surface area contributed by atoms with Gasteiger partial charge in [0, 0.05) is 18.0 Å². The first-order chi connectivity index (χ1) is 16.9. The number of hydrogen-bond donors (Lipinski definition) is 1. The number of nitrogens with one attached hydrogen (secondary N) is 1. The van der Waals surface area contributed by atoms with E-state index < -0.39 is 11.7 Å². The molecule has 35 heavy (non-hydrogen) atoms. The number of ether oxygens (including phenoxy) is 1. The molecule has 0 saturated carbocycles. The number of aromatic amines is 1. The van der Waals surface area contributed by atoms with Crippen LogP contribution in [0.25, 0.3) is 12.2 Å². The zero-order valence-electron chi connectivity index (χ0n) is 19.3. The molecule has 0 fully saturated rings. The number of H-pyrrole nitrogens is 1. The van der Waals surface area contributed by atoms with Crippen LogP contribution in [-0.4, -0.2) is 21.8 Å². The van der Waals surface area contributed by atoms with Crippen LogP contribution in [0, 0.1) is 6.92 Å². The Morgan fingerprint density at radius 1 is 1.00 bits per heavy atom. The molecule has 0 unspecified atom stereocenters. The molecular formula is C27H26F3N3O2. The van der Waals surface area contributed by atoms with E-state index in [1.165, 1.54) is 17.7 Å². The average molecular weight is 482 g/mol. The maximum Gasteiger partial charge on any atom is 0.416 e. The summed E-state index contributed by atoms with van der Waals surface area (Å²) in [6.07, 6.45) is 5.65. The molecular weight excluding hydrogens is 455 g/mol. The lowest BCUT2D eigenvalue weighted by atomic mass is 10.1. The fourth-order valence-electron chi connectivity index (χ4n) is 3.63. The molecule has 2 heterocycles. The molecule has 0 saturated heterocycles. The van der Waals surface area contributed by atoms with Crippen molar-refractivity contribution >= 4 is 12.2 Å². The number of aromatic nitrogens is 3. The Labute approximate surface area is 201 Å². The van der Waals surface area contributed by atoms with E-state index in [4.69, 9.17) is 9.15 Å². The summed E-state index contributed by atoms with van der Waals surface area (Å²) in [5.41, 5.74) is 4.15. The number of oxazole rings is 1. The minimum Gasteiger partial charge on any atom is -0.493 e. The third kappa shape index (κ3) is 7.09. The Morgan fingerprint density at radius 3 is 2.54 bits per heavy atom. The van der Waals surface area contributed by atoms with E-state index in [9.17, 15) is 13.2 Å². The van der Waals surface area contributed by atoms with Gasteiger partial charge in [0.25, 0.3) is 0 Å². The van der Waals surface area contributed by atoms with Gasteiger partial charge in [-0.2, -0.15) is 18.3 Å². The summed E-state index contributed by atoms with van der Waals surface area (Å²) in [5, 5.41) is 6.89. The highest BCUT2D eigenvalue weighted by Crippen LogP contribution is 2.29. The van der Waals surface area contributed by atoms with Gasteiger partial charge in [0.05, 0.1) is 17.9 Å². The molecule has 0 spiro atoms. The molecule has 0 aliphatic heterocycles. The zero-order chi connectivity index (χ0) is 24.7. The molecule has 4 rings (SSSR count). The average Bonchev–Trinajstić information content (AvgIpc) is 3.52. The first kappa shape index (κ1) is 24.3. The molecule has 0 amide bonds. The van der Waals surface area contributed by atoms with Gasteiger partial charge in [0.2, 0.25) is 5.89 Å². The Kier molecular flexibility index (Phi) is 7.70. The molecule has 5 nitrogen and oxygen atoms in total. The Balaban J connectivity index is 1.25. The maximum atomic E-state index is 12.7. The van der Waals surface area contributed by atoms with Crippen LogP contribution in [0.2, 0.25) is 0 Å². The van der Waals surface area contributed by atoms with Crippen molar-refractivity contribution in [2.75, 3.05) is 6.61 Å². The topological polar surface area (TPSA) is 63.9 Å². The van der Waals surface area contributed by atoms with E-state index >= 15 is 0 Å². The standard InChI is InChI=1S/C27H26F3N3O2/c1-19-17-21(7-12-25(19)34-16-2-3-23-14-15-31-33-23)6-11-24-18-35-26(32-24)13-8-20-4-9-22(10-5-20)27(28,29)30/h4-5,7-10,12-15,17-18H,2-3,6,11,16H2,1H3,(H,31,33)/b13-8+. The van der Waals surface area contributed by atoms with Gasteiger partial charge in [-0.05, 0) is 79.6 Å². The SMILES string of the molecule is Cc1cc(CCc2coc(/C=C/c3ccc(C(F)(F)F)cc3)n2)ccc1OCCCc1ccn[nH]1. The number of nitrogens with zero attached hydrogens (tertiary/aromatic N) is 2. The number of aryl methyl sites for hydroxylation is 4. The minimum absolute atomic E-state index is 0.412. The van der Waals surface area contributed by atoms with Crippen molar-refractivity contribution in [3.63, 3.8) is 0 Å². The van der Waals surface area contributed by atoms with Crippen molar-refractivity contribution in [3.05, 3.63) is 101 Å². The van der Waals surface area contributed by atoms with Crippen molar-refractivity contribution in [3.8, 4) is 5.75 Å². The molecule has 2 aromatic carbocycles. The van der Waals surface area contributed by atoms with Crippen LogP contribution in [0.15, 0.2) is 65.4 Å². The van der Waals surface area contributed by atoms with Crippen LogP contribution in [0.5, 0.6) is 5.75 Å². The van der Waals surface area contributed by atoms with Gasteiger partial charge in [-0.25, -0.2) is 4.98 Å². The quantitative estimate of drug-likeness (QED) is 0.256. The summed E-state index contributed by atoms with van der Waals surface area (Å²) in [6, 6.07) is 13.1. The van der Waals surface area contributed by atoms with E-state index in [0.717, 1.165) is 54.1 Å². The lowest BCUT2D eigenvalue weighted by molar-refractivity contribution is -0.137. The van der Waals surface area contributed by atoms with E-state index in [1.54, 1.807) is 24.6 Å². The molecule has 0 atom stereocenters. The third-order valence-electron chi connectivity index (χ3n) is 5.54. The molecule has 8 heteroatoms. The smallest absolute Gasteiger partial charge is 0.416 e. The minimum atomic E-state index is -4.34. The second-order valence-corrected chi connectivity index (χ2v) is 8.26. The fraction of sp³-hybridized carbons (Fsp3) is 0.259. The monoisotopic (exact) mass is 481 g/mol. The highest BCUT2D eigenvalue weighted by atomic mass is 19.4. The molecule has 182 valence electrons. The van der Waals surface area contributed by atoms with E-state index in [0.29, 0.717) is 24.5 Å². The fourth-order valence-corrected chi connectivity index (χ4v) is 3.63. The van der Waals surface area contributed by atoms with Gasteiger partial charge in [-0.15, -0.1) is 0 Å². The largest absolute Gasteiger partial charge is 0.493 e. The van der Waals surface area contributed by atoms with Gasteiger partial charge < -0.3 is 9.15 Å². The first-order valence-corrected chi connectivity index (χ1v) is 11.4. The number of rotatable bonds is 10. The van der Waals surface area contributed by atoms with E-state index in [-0.39, 0.29) is 0 Å². The normalized spacial score (nSPS) is 11.9. The second kappa shape index (κ2) is 11.1. The van der Waals surface area contributed by atoms with Gasteiger partial charge in [-0.3, -0.25) is 5.10 Å². The lowest BCUT2D eigenvalue weighted by Crippen LogP contribution is -2.03. The van der Waals surface area contributed by atoms with Crippen LogP contribution >= 0.6 is 0 Å². The summed E-state index contributed by atoms with van der Waals surface area (Å²) in [7, 11) is 0. The number of benzene rings is 2. The van der Waals surface area contributed by atoms with Gasteiger partial charge in [0.15, 0.2) is 0 Å². The molecule has 1 N–H and O–H groups in total. The predicted octanol–water partition coefficient (Wildman–Crippen LogP) is 6.69. The summed E-state index contributed by atoms with van der Waals surface area (Å²) in [5.74, 6) is 1.30. The van der Waals surface area contributed by atoms with Crippen LogP contribution in [0.1, 0.15) is 46.0 Å². The summed E-state index contributed by atoms with van der Waals surface area (Å²) >= 11 is 0. The Morgan fingerprint density at radius 2 is 1.83 bits per heavy atom. The summed E-state index contributed by atoms with van der Waals surface area (Å²) in [4.78, 5) is 4.44. The van der Waals surface area contributed by atoms with Gasteiger partial charge in [0.1, 0.15) is 12.0 Å². The van der Waals surface area contributed by atoms with E-state index in [2.05, 4.69) is 27.3 Å². The van der Waals surface area contributed by atoms with Crippen molar-refractivity contribution in [1.29, 1.82) is 0 Å². The zero-order valence-corrected chi connectivity index (χ0v) is 19.3. The van der Waals surface area contributed by atoms with Crippen molar-refractivity contribution in [1.82, 2.24) is 15.2 Å². The van der Waals surface area contributed by atoms with E-state index in [1.807, 2.05) is 19.1 Å². The van der Waals surface area contributed by atoms with Crippen molar-refractivity contribution < 1.29 is 22.3 Å². The Bertz CT molecular complexity index is 1240. The summed E-state index contributed by atoms with van der Waals surface area (Å²) < 4.78 is 49.4. The molecule has 0 aliphatic rings. The number of halogens is 3. The van der Waals surface area contributed by atoms with Crippen LogP contribution in [0.3, 0.4) is 0 Å². The highest BCUT2D eigenvalue weighted by molar-refractivity contribution is 5.66. The molecule has 2 aromatic heterocycles. The van der Waals surface area contributed by atoms with Crippen LogP contribution in [0.4, 0.5) is 13.2 Å². The summed E-state index contributed by atoms with van der Waals surface area (Å²) in [6.45, 7) is 2.68. The van der Waals surface area contributed by atoms with Crippen molar-refractivity contribution in [2.24, 2.45) is 0 Å². The maximum absolute atomic E-state index is 12.7. The highest BCUT2D eigenvalue weighted by Gasteiger charge is 2.29. The number of hydrogen-bond acceptors (Lipinski definition) is 4. The van der Waals surface area contributed by atoms with Crippen molar-refractivity contribution in [2.45, 2.75) is 38.8 Å². The van der Waals surface area contributed by atoms with Crippen LogP contribution < -0.4 is 4.74 Å². The second-order valence-electron chi connectivity index (χ2n) is 8.26. The molecule has 0 aliphatic carbocycles. The molecule has 4 aromatic rings. The number of alkyl halides is 3. The molecule has 0 radical (unpaired) electrons. The Hall–Kier alpha value is -3.81. The predicted molar refractivity (Wildman–Crippen MR) is 128 cm³/mol. The van der Waals surface area contributed by atoms with Gasteiger partial charge >= 0.3 is 6.18 Å². The third-order valence-corrected chi connectivity index (χ3v) is 5.54. The first-order valence-electron chi connectivity index (χ1n) is 11.4. The van der Waals surface area contributed by atoms with Crippen LogP contribution in [-0.2, 0) is 25.4 Å². The van der Waals surface area contributed by atoms with Gasteiger partial charge in [-0.1, -0.05) is 24.3 Å². The lowest BCUT2D eigenvalue weighted by Gasteiger charge is -2.10.